The summed E-state index contributed by atoms with van der Waals surface area (Å²) in [5, 5.41) is 0. The average molecular weight is 788 g/mol. The Balaban J connectivity index is 1.49. The van der Waals surface area contributed by atoms with Gasteiger partial charge in [-0.15, -0.1) is 0 Å². The monoisotopic (exact) mass is 789 g/mol. The summed E-state index contributed by atoms with van der Waals surface area (Å²) in [7, 11) is 0. The maximum atomic E-state index is 2.84. The van der Waals surface area contributed by atoms with Gasteiger partial charge >= 0.3 is 285 Å². The summed E-state index contributed by atoms with van der Waals surface area (Å²) in [5.74, 6) is 0. The second kappa shape index (κ2) is 10.8. The molecule has 0 spiro atoms. The van der Waals surface area contributed by atoms with Crippen molar-refractivity contribution in [1.82, 2.24) is 0 Å². The Morgan fingerprint density at radius 1 is 0.574 bits per heavy atom. The predicted molar refractivity (Wildman–Crippen MR) is 208 cm³/mol. The van der Waals surface area contributed by atoms with Gasteiger partial charge in [-0.05, 0) is 0 Å². The Hall–Kier alpha value is -2.90. The second-order valence-electron chi connectivity index (χ2n) is 19.1. The van der Waals surface area contributed by atoms with E-state index in [2.05, 4.69) is 177 Å². The van der Waals surface area contributed by atoms with Crippen molar-refractivity contribution < 1.29 is 16.5 Å². The molecule has 1 heteroatoms. The molecule has 0 amide bonds. The zero-order valence-electron chi connectivity index (χ0n) is 31.2. The topological polar surface area (TPSA) is 0 Å². The van der Waals surface area contributed by atoms with Crippen molar-refractivity contribution in [3.63, 3.8) is 0 Å². The predicted octanol–water partition coefficient (Wildman–Crippen LogP) is 13.7. The van der Waals surface area contributed by atoms with Gasteiger partial charge < -0.3 is 0 Å². The normalized spacial score (nSPS) is 18.9. The third kappa shape index (κ3) is 5.50. The van der Waals surface area contributed by atoms with Gasteiger partial charge in [0.2, 0.25) is 0 Å². The van der Waals surface area contributed by atoms with Crippen LogP contribution in [-0.4, -0.2) is 3.76 Å². The Bertz CT molecular complexity index is 1920. The van der Waals surface area contributed by atoms with Crippen LogP contribution in [0.15, 0.2) is 84.9 Å². The third-order valence-corrected chi connectivity index (χ3v) is 42.0. The van der Waals surface area contributed by atoms with Gasteiger partial charge in [-0.2, -0.15) is 0 Å². The Kier molecular flexibility index (Phi) is 7.81. The Morgan fingerprint density at radius 3 is 1.32 bits per heavy atom. The molecule has 4 aromatic rings. The summed E-state index contributed by atoms with van der Waals surface area (Å²) in [6.07, 6.45) is 11.2. The minimum absolute atomic E-state index is 0.141. The van der Waals surface area contributed by atoms with Gasteiger partial charge in [0.25, 0.3) is 0 Å². The molecule has 0 bridgehead atoms. The standard InChI is InChI=1S/2C20H21.C3H6.3CH3.Hf/c2*1-14-13-16(20(2,3)4)11-12-17(14)19-10-6-8-15-7-5-9-18(15)19;1-3-2;;;;/h2*5-13H,1-4H3;1H,3H2,2H3;3*1H3;. The Morgan fingerprint density at radius 2 is 0.979 bits per heavy atom. The minimum atomic E-state index is -4.51. The molecular formula is C46H57Hf. The summed E-state index contributed by atoms with van der Waals surface area (Å²) < 4.78 is 11.9. The first-order valence-electron chi connectivity index (χ1n) is 17.9. The van der Waals surface area contributed by atoms with E-state index in [1.54, 1.807) is 0 Å². The molecule has 245 valence electrons. The van der Waals surface area contributed by atoms with E-state index in [1.165, 1.54) is 66.8 Å². The number of hydrogen-bond acceptors (Lipinski definition) is 0. The fraction of sp³-hybridized carbons (Fsp3) is 0.370. The van der Waals surface area contributed by atoms with Crippen LogP contribution in [0.3, 0.4) is 0 Å². The first-order valence-corrected chi connectivity index (χ1v) is 34.9. The molecule has 0 radical (unpaired) electrons. The number of allylic oxidation sites excluding steroid dienone is 2. The van der Waals surface area contributed by atoms with Crippen LogP contribution in [-0.2, 0) is 27.4 Å². The first kappa shape index (κ1) is 34.0. The van der Waals surface area contributed by atoms with E-state index < -0.39 is 16.5 Å². The van der Waals surface area contributed by atoms with E-state index >= 15 is 0 Å². The van der Waals surface area contributed by atoms with Crippen LogP contribution in [0.5, 0.6) is 0 Å². The van der Waals surface area contributed by atoms with E-state index in [9.17, 15) is 0 Å². The van der Waals surface area contributed by atoms with Crippen LogP contribution in [0.1, 0.15) is 107 Å². The molecule has 0 heterocycles. The van der Waals surface area contributed by atoms with Gasteiger partial charge in [-0.25, -0.2) is 0 Å². The van der Waals surface area contributed by atoms with Crippen LogP contribution in [0.4, 0.5) is 0 Å². The number of rotatable bonds is 5. The van der Waals surface area contributed by atoms with Gasteiger partial charge in [0.1, 0.15) is 0 Å². The molecule has 0 N–H and O–H groups in total. The second-order valence-corrected chi connectivity index (χ2v) is 58.0. The molecule has 47 heavy (non-hydrogen) atoms. The zero-order chi connectivity index (χ0) is 34.2. The molecule has 2 aliphatic rings. The molecule has 6 rings (SSSR count). The van der Waals surface area contributed by atoms with Crippen LogP contribution in [0.2, 0.25) is 14.0 Å². The summed E-state index contributed by atoms with van der Waals surface area (Å²) >= 11 is -4.51. The number of fused-ring (bicyclic) bond motifs is 2. The van der Waals surface area contributed by atoms with E-state index in [0.29, 0.717) is 7.35 Å². The van der Waals surface area contributed by atoms with Crippen molar-refractivity contribution in [3.8, 4) is 22.3 Å². The summed E-state index contributed by atoms with van der Waals surface area (Å²) in [6.45, 7) is 20.7. The van der Waals surface area contributed by atoms with Crippen molar-refractivity contribution in [3.05, 3.63) is 129 Å². The van der Waals surface area contributed by atoms with Gasteiger partial charge in [0.15, 0.2) is 0 Å². The molecule has 2 atom stereocenters. The SMILES string of the molecule is CC[CH]=[Hf]([CH3])([CH3])([CH3])([CH]1C=Cc2c(-c3ccc(C(C)(C)C)cc3C)cccc21)[CH]1C=Cc2c(-c3ccc(C(C)(C)C)cc3C)cccc21. The molecule has 0 saturated carbocycles. The first-order chi connectivity index (χ1) is 21.8. The van der Waals surface area contributed by atoms with E-state index in [-0.39, 0.29) is 10.8 Å². The van der Waals surface area contributed by atoms with Crippen molar-refractivity contribution in [1.29, 1.82) is 0 Å². The molecule has 2 aliphatic carbocycles. The van der Waals surface area contributed by atoms with Crippen LogP contribution in [0, 0.1) is 13.8 Å². The van der Waals surface area contributed by atoms with Gasteiger partial charge in [-0.1, -0.05) is 0 Å². The summed E-state index contributed by atoms with van der Waals surface area (Å²) in [4.78, 5) is 0. The quantitative estimate of drug-likeness (QED) is 0.177. The number of benzene rings is 4. The molecule has 0 nitrogen and oxygen atoms in total. The van der Waals surface area contributed by atoms with Crippen LogP contribution >= 0.6 is 0 Å². The van der Waals surface area contributed by atoms with Crippen LogP contribution in [0.25, 0.3) is 34.4 Å². The average Bonchev–Trinajstić information content (AvgIpc) is 3.63. The number of hydrogen-bond donors (Lipinski definition) is 0. The molecule has 4 aromatic carbocycles. The molecular weight excluding hydrogens is 731 g/mol. The van der Waals surface area contributed by atoms with E-state index in [1.807, 2.05) is 0 Å². The van der Waals surface area contributed by atoms with Crippen molar-refractivity contribution in [2.24, 2.45) is 0 Å². The zero-order valence-corrected chi connectivity index (χ0v) is 34.8. The fourth-order valence-corrected chi connectivity index (χ4v) is 36.2. The maximum absolute atomic E-state index is 4.51. The van der Waals surface area contributed by atoms with Crippen molar-refractivity contribution >= 4 is 15.9 Å². The van der Waals surface area contributed by atoms with Crippen molar-refractivity contribution in [2.75, 3.05) is 0 Å². The van der Waals surface area contributed by atoms with Gasteiger partial charge in [-0.3, -0.25) is 0 Å². The molecule has 0 aliphatic heterocycles. The summed E-state index contributed by atoms with van der Waals surface area (Å²) in [6, 6.07) is 28.4. The van der Waals surface area contributed by atoms with Crippen LogP contribution < -0.4 is 0 Å². The Labute approximate surface area is 283 Å². The van der Waals surface area contributed by atoms with Gasteiger partial charge in [0, 0.05) is 0 Å². The summed E-state index contributed by atoms with van der Waals surface area (Å²) in [5.41, 5.74) is 17.1. The van der Waals surface area contributed by atoms with E-state index in [4.69, 9.17) is 0 Å². The number of aryl methyl sites for hydroxylation is 2. The molecule has 0 saturated heterocycles. The molecule has 0 aromatic heterocycles. The fourth-order valence-electron chi connectivity index (χ4n) is 9.39. The molecule has 2 unspecified atom stereocenters. The van der Waals surface area contributed by atoms with E-state index in [0.717, 1.165) is 6.42 Å². The van der Waals surface area contributed by atoms with Gasteiger partial charge in [0.05, 0.1) is 0 Å². The third-order valence-electron chi connectivity index (χ3n) is 12.3. The molecule has 0 fully saturated rings. The van der Waals surface area contributed by atoms with Crippen molar-refractivity contribution in [2.45, 2.75) is 101 Å².